The van der Waals surface area contributed by atoms with Crippen molar-refractivity contribution >= 4 is 10.0 Å². The van der Waals surface area contributed by atoms with Gasteiger partial charge in [-0.05, 0) is 32.3 Å². The Morgan fingerprint density at radius 3 is 2.61 bits per heavy atom. The number of nitrogens with zero attached hydrogens (tertiary/aromatic N) is 2. The summed E-state index contributed by atoms with van der Waals surface area (Å²) < 4.78 is 25.9. The van der Waals surface area contributed by atoms with E-state index in [0.717, 1.165) is 18.8 Å². The second-order valence-electron chi connectivity index (χ2n) is 4.99. The molecule has 0 aromatic carbocycles. The number of allylic oxidation sites excluding steroid dienone is 1. The Morgan fingerprint density at radius 2 is 2.00 bits per heavy atom. The van der Waals surface area contributed by atoms with Crippen LogP contribution in [0.5, 0.6) is 0 Å². The molecule has 2 aliphatic heterocycles. The second kappa shape index (κ2) is 5.34. The maximum Gasteiger partial charge on any atom is 0.235 e. The van der Waals surface area contributed by atoms with E-state index in [1.165, 1.54) is 17.1 Å². The molecule has 5 heteroatoms. The van der Waals surface area contributed by atoms with Gasteiger partial charge in [0.15, 0.2) is 0 Å². The maximum atomic E-state index is 12.2. The average molecular weight is 270 g/mol. The molecular weight excluding hydrogens is 248 g/mol. The van der Waals surface area contributed by atoms with Gasteiger partial charge in [0.1, 0.15) is 0 Å². The third-order valence-electron chi connectivity index (χ3n) is 3.46. The van der Waals surface area contributed by atoms with Crippen LogP contribution in [0.25, 0.3) is 0 Å². The average Bonchev–Trinajstić information content (AvgIpc) is 2.82. The van der Waals surface area contributed by atoms with Crippen LogP contribution in [0.15, 0.2) is 24.0 Å². The molecule has 0 aliphatic carbocycles. The topological polar surface area (TPSA) is 40.6 Å². The van der Waals surface area contributed by atoms with E-state index in [2.05, 4.69) is 4.90 Å². The van der Waals surface area contributed by atoms with Gasteiger partial charge in [-0.15, -0.1) is 0 Å². The van der Waals surface area contributed by atoms with Crippen LogP contribution in [-0.4, -0.2) is 42.5 Å². The lowest BCUT2D eigenvalue weighted by molar-refractivity contribution is 0.401. The van der Waals surface area contributed by atoms with Gasteiger partial charge in [-0.3, -0.25) is 4.31 Å². The van der Waals surface area contributed by atoms with Crippen molar-refractivity contribution in [2.75, 3.05) is 18.8 Å². The molecule has 2 rings (SSSR count). The van der Waals surface area contributed by atoms with Gasteiger partial charge < -0.3 is 4.90 Å². The Hall–Kier alpha value is -0.970. The lowest BCUT2D eigenvalue weighted by Gasteiger charge is -2.31. The summed E-state index contributed by atoms with van der Waals surface area (Å²) in [6, 6.07) is -0.0760. The van der Waals surface area contributed by atoms with E-state index in [-0.39, 0.29) is 11.8 Å². The molecule has 0 N–H and O–H groups in total. The molecule has 18 heavy (non-hydrogen) atoms. The fourth-order valence-corrected chi connectivity index (χ4v) is 4.05. The van der Waals surface area contributed by atoms with E-state index < -0.39 is 10.0 Å². The standard InChI is InChI=1S/C13H22N2O2S/c1-3-10-18(16,17)15-11-13(7-6-12(15)2)14-8-4-5-9-14/h6-7,11-12H,3-5,8-10H2,1-2H3. The maximum absolute atomic E-state index is 12.2. The second-order valence-corrected chi connectivity index (χ2v) is 6.99. The fraction of sp³-hybridized carbons (Fsp3) is 0.692. The molecule has 1 saturated heterocycles. The predicted octanol–water partition coefficient (Wildman–Crippen LogP) is 1.92. The molecular formula is C13H22N2O2S. The molecule has 1 fully saturated rings. The summed E-state index contributed by atoms with van der Waals surface area (Å²) >= 11 is 0. The van der Waals surface area contributed by atoms with E-state index in [9.17, 15) is 8.42 Å². The molecule has 102 valence electrons. The quantitative estimate of drug-likeness (QED) is 0.783. The zero-order chi connectivity index (χ0) is 13.2. The van der Waals surface area contributed by atoms with Crippen molar-refractivity contribution in [2.45, 2.75) is 39.2 Å². The van der Waals surface area contributed by atoms with Crippen molar-refractivity contribution in [1.82, 2.24) is 9.21 Å². The van der Waals surface area contributed by atoms with E-state index >= 15 is 0 Å². The van der Waals surface area contributed by atoms with Gasteiger partial charge in [0, 0.05) is 19.3 Å². The SMILES string of the molecule is CCCS(=O)(=O)N1C=C(N2CCCC2)C=CC1C. The summed E-state index contributed by atoms with van der Waals surface area (Å²) in [5.41, 5.74) is 1.03. The van der Waals surface area contributed by atoms with Crippen LogP contribution in [-0.2, 0) is 10.0 Å². The van der Waals surface area contributed by atoms with E-state index in [4.69, 9.17) is 0 Å². The number of rotatable bonds is 4. The van der Waals surface area contributed by atoms with Gasteiger partial charge >= 0.3 is 0 Å². The lowest BCUT2D eigenvalue weighted by Crippen LogP contribution is -2.38. The largest absolute Gasteiger partial charge is 0.370 e. The highest BCUT2D eigenvalue weighted by atomic mass is 32.2. The summed E-state index contributed by atoms with van der Waals surface area (Å²) in [5.74, 6) is 0.217. The zero-order valence-electron chi connectivity index (χ0n) is 11.2. The number of hydrogen-bond acceptors (Lipinski definition) is 3. The molecule has 0 aromatic rings. The van der Waals surface area contributed by atoms with Gasteiger partial charge in [-0.2, -0.15) is 0 Å². The normalized spacial score (nSPS) is 24.6. The van der Waals surface area contributed by atoms with Crippen LogP contribution in [0.2, 0.25) is 0 Å². The van der Waals surface area contributed by atoms with Gasteiger partial charge in [-0.25, -0.2) is 8.42 Å². The molecule has 0 bridgehead atoms. The third-order valence-corrected chi connectivity index (χ3v) is 5.47. The molecule has 0 aromatic heterocycles. The van der Waals surface area contributed by atoms with Gasteiger partial charge in [-0.1, -0.05) is 13.0 Å². The minimum absolute atomic E-state index is 0.0760. The number of sulfonamides is 1. The first-order chi connectivity index (χ1) is 8.54. The van der Waals surface area contributed by atoms with Crippen molar-refractivity contribution in [1.29, 1.82) is 0 Å². The Balaban J connectivity index is 2.21. The Morgan fingerprint density at radius 1 is 1.33 bits per heavy atom. The molecule has 0 spiro atoms. The van der Waals surface area contributed by atoms with Crippen LogP contribution in [0.3, 0.4) is 0 Å². The monoisotopic (exact) mass is 270 g/mol. The number of likely N-dealkylation sites (tertiary alicyclic amines) is 1. The van der Waals surface area contributed by atoms with Crippen molar-refractivity contribution in [3.8, 4) is 0 Å². The highest BCUT2D eigenvalue weighted by Gasteiger charge is 2.26. The van der Waals surface area contributed by atoms with Gasteiger partial charge in [0.25, 0.3) is 0 Å². The Kier molecular flexibility index (Phi) is 4.00. The minimum Gasteiger partial charge on any atom is -0.370 e. The summed E-state index contributed by atoms with van der Waals surface area (Å²) in [4.78, 5) is 2.26. The minimum atomic E-state index is -3.17. The molecule has 2 aliphatic rings. The van der Waals surface area contributed by atoms with E-state index in [1.807, 2.05) is 26.0 Å². The first-order valence-corrected chi connectivity index (χ1v) is 8.31. The molecule has 1 atom stereocenters. The molecule has 0 radical (unpaired) electrons. The van der Waals surface area contributed by atoms with Crippen LogP contribution < -0.4 is 0 Å². The molecule has 4 nitrogen and oxygen atoms in total. The Labute approximate surface area is 110 Å². The summed E-state index contributed by atoms with van der Waals surface area (Å²) in [5, 5.41) is 0. The predicted molar refractivity (Wildman–Crippen MR) is 73.4 cm³/mol. The summed E-state index contributed by atoms with van der Waals surface area (Å²) in [7, 11) is -3.17. The van der Waals surface area contributed by atoms with Gasteiger partial charge in [0.05, 0.1) is 17.5 Å². The Bertz CT molecular complexity index is 448. The third kappa shape index (κ3) is 2.71. The van der Waals surface area contributed by atoms with Gasteiger partial charge in [0.2, 0.25) is 10.0 Å². The first-order valence-electron chi connectivity index (χ1n) is 6.71. The molecule has 2 heterocycles. The summed E-state index contributed by atoms with van der Waals surface area (Å²) in [6.45, 7) is 5.88. The van der Waals surface area contributed by atoms with E-state index in [1.54, 1.807) is 6.20 Å². The molecule has 0 amide bonds. The van der Waals surface area contributed by atoms with Crippen LogP contribution >= 0.6 is 0 Å². The summed E-state index contributed by atoms with van der Waals surface area (Å²) in [6.07, 6.45) is 8.88. The zero-order valence-corrected chi connectivity index (χ0v) is 12.0. The van der Waals surface area contributed by atoms with Crippen LogP contribution in [0.4, 0.5) is 0 Å². The van der Waals surface area contributed by atoms with E-state index in [0.29, 0.717) is 6.42 Å². The first kappa shape index (κ1) is 13.5. The van der Waals surface area contributed by atoms with Crippen LogP contribution in [0, 0.1) is 0 Å². The highest BCUT2D eigenvalue weighted by Crippen LogP contribution is 2.23. The number of hydrogen-bond donors (Lipinski definition) is 0. The van der Waals surface area contributed by atoms with Crippen molar-refractivity contribution in [3.63, 3.8) is 0 Å². The smallest absolute Gasteiger partial charge is 0.235 e. The molecule has 1 unspecified atom stereocenters. The fourth-order valence-electron chi connectivity index (χ4n) is 2.47. The van der Waals surface area contributed by atoms with Crippen molar-refractivity contribution < 1.29 is 8.42 Å². The lowest BCUT2D eigenvalue weighted by atomic mass is 10.2. The van der Waals surface area contributed by atoms with Crippen LogP contribution in [0.1, 0.15) is 33.1 Å². The van der Waals surface area contributed by atoms with Crippen molar-refractivity contribution in [2.24, 2.45) is 0 Å². The molecule has 0 saturated carbocycles. The highest BCUT2D eigenvalue weighted by molar-refractivity contribution is 7.89. The van der Waals surface area contributed by atoms with Crippen molar-refractivity contribution in [3.05, 3.63) is 24.0 Å².